The second-order valence-electron chi connectivity index (χ2n) is 3.67. The minimum Gasteiger partial charge on any atom is -0.492 e. The summed E-state index contributed by atoms with van der Waals surface area (Å²) in [5, 5.41) is -0.445. The van der Waals surface area contributed by atoms with Crippen molar-refractivity contribution in [2.45, 2.75) is 13.8 Å². The first-order valence-electron chi connectivity index (χ1n) is 5.82. The quantitative estimate of drug-likeness (QED) is 0.702. The van der Waals surface area contributed by atoms with Gasteiger partial charge in [0.1, 0.15) is 12.4 Å². The van der Waals surface area contributed by atoms with Gasteiger partial charge in [0.15, 0.2) is 0 Å². The Morgan fingerprint density at radius 2 is 1.82 bits per heavy atom. The molecule has 0 aliphatic carbocycles. The molecular weight excluding hydrogens is 238 g/mol. The number of carbonyl (C=O) groups is 1. The molecule has 0 atom stereocenters. The lowest BCUT2D eigenvalue weighted by Crippen LogP contribution is -2.27. The number of benzene rings is 1. The highest BCUT2D eigenvalue weighted by Gasteiger charge is 2.02. The standard InChI is InChI=1S/C13H18ClNO2/c1-3-15(4-2)9-10-17-12-7-5-11(6-8-12)13(14)16/h5-8H,3-4,9-10H2,1-2H3. The van der Waals surface area contributed by atoms with Crippen molar-refractivity contribution in [3.05, 3.63) is 29.8 Å². The molecule has 0 saturated carbocycles. The van der Waals surface area contributed by atoms with E-state index in [2.05, 4.69) is 18.7 Å². The summed E-state index contributed by atoms with van der Waals surface area (Å²) in [5.41, 5.74) is 0.489. The lowest BCUT2D eigenvalue weighted by Gasteiger charge is -2.17. The lowest BCUT2D eigenvalue weighted by molar-refractivity contribution is 0.108. The lowest BCUT2D eigenvalue weighted by atomic mass is 10.2. The van der Waals surface area contributed by atoms with Crippen LogP contribution in [0.5, 0.6) is 5.75 Å². The normalized spacial score (nSPS) is 10.6. The molecule has 1 rings (SSSR count). The predicted octanol–water partition coefficient (Wildman–Crippen LogP) is 2.79. The third-order valence-corrected chi connectivity index (χ3v) is 2.87. The number of halogens is 1. The highest BCUT2D eigenvalue weighted by Crippen LogP contribution is 2.13. The minimum absolute atomic E-state index is 0.445. The second kappa shape index (κ2) is 7.30. The van der Waals surface area contributed by atoms with Crippen LogP contribution in [0.4, 0.5) is 0 Å². The summed E-state index contributed by atoms with van der Waals surface area (Å²) in [6.45, 7) is 7.87. The smallest absolute Gasteiger partial charge is 0.252 e. The summed E-state index contributed by atoms with van der Waals surface area (Å²) >= 11 is 5.35. The van der Waals surface area contributed by atoms with E-state index >= 15 is 0 Å². The largest absolute Gasteiger partial charge is 0.492 e. The Bertz CT molecular complexity index is 347. The molecule has 0 aliphatic heterocycles. The summed E-state index contributed by atoms with van der Waals surface area (Å²) in [4.78, 5) is 13.1. The van der Waals surface area contributed by atoms with E-state index in [4.69, 9.17) is 16.3 Å². The van der Waals surface area contributed by atoms with Crippen LogP contribution < -0.4 is 4.74 Å². The highest BCUT2D eigenvalue weighted by molar-refractivity contribution is 6.67. The Kier molecular flexibility index (Phi) is 6.01. The van der Waals surface area contributed by atoms with Crippen LogP contribution in [0.1, 0.15) is 24.2 Å². The highest BCUT2D eigenvalue weighted by atomic mass is 35.5. The average molecular weight is 256 g/mol. The summed E-state index contributed by atoms with van der Waals surface area (Å²) in [6.07, 6.45) is 0. The molecule has 0 aromatic heterocycles. The van der Waals surface area contributed by atoms with Gasteiger partial charge in [-0.3, -0.25) is 4.79 Å². The molecule has 1 aromatic carbocycles. The Balaban J connectivity index is 2.39. The molecule has 0 saturated heterocycles. The first-order chi connectivity index (χ1) is 8.17. The number of hydrogen-bond donors (Lipinski definition) is 0. The van der Waals surface area contributed by atoms with Crippen LogP contribution in [-0.4, -0.2) is 36.4 Å². The number of hydrogen-bond acceptors (Lipinski definition) is 3. The van der Waals surface area contributed by atoms with Crippen molar-refractivity contribution >= 4 is 16.8 Å². The van der Waals surface area contributed by atoms with Gasteiger partial charge in [0.2, 0.25) is 0 Å². The molecule has 3 nitrogen and oxygen atoms in total. The second-order valence-corrected chi connectivity index (χ2v) is 4.02. The maximum Gasteiger partial charge on any atom is 0.252 e. The Labute approximate surface area is 107 Å². The fourth-order valence-corrected chi connectivity index (χ4v) is 1.64. The van der Waals surface area contributed by atoms with Gasteiger partial charge in [-0.2, -0.15) is 0 Å². The van der Waals surface area contributed by atoms with Crippen LogP contribution in [0.3, 0.4) is 0 Å². The molecular formula is C13H18ClNO2. The molecule has 17 heavy (non-hydrogen) atoms. The van der Waals surface area contributed by atoms with Gasteiger partial charge in [-0.1, -0.05) is 13.8 Å². The van der Waals surface area contributed by atoms with Crippen LogP contribution in [0, 0.1) is 0 Å². The third-order valence-electron chi connectivity index (χ3n) is 2.65. The third kappa shape index (κ3) is 4.75. The molecule has 0 bridgehead atoms. The number of nitrogens with zero attached hydrogens (tertiary/aromatic N) is 1. The van der Waals surface area contributed by atoms with E-state index in [9.17, 15) is 4.79 Å². The molecule has 0 radical (unpaired) electrons. The van der Waals surface area contributed by atoms with Crippen molar-refractivity contribution < 1.29 is 9.53 Å². The fourth-order valence-electron chi connectivity index (χ4n) is 1.51. The summed E-state index contributed by atoms with van der Waals surface area (Å²) in [6, 6.07) is 6.86. The van der Waals surface area contributed by atoms with Crippen molar-refractivity contribution in [1.82, 2.24) is 4.90 Å². The first-order valence-corrected chi connectivity index (χ1v) is 6.20. The predicted molar refractivity (Wildman–Crippen MR) is 69.9 cm³/mol. The van der Waals surface area contributed by atoms with Crippen molar-refractivity contribution in [2.75, 3.05) is 26.2 Å². The molecule has 0 amide bonds. The van der Waals surface area contributed by atoms with Gasteiger partial charge in [0.25, 0.3) is 5.24 Å². The number of likely N-dealkylation sites (N-methyl/N-ethyl adjacent to an activating group) is 1. The van der Waals surface area contributed by atoms with Gasteiger partial charge in [0, 0.05) is 12.1 Å². The van der Waals surface area contributed by atoms with Gasteiger partial charge in [0.05, 0.1) is 0 Å². The Hall–Kier alpha value is -1.06. The maximum atomic E-state index is 10.9. The minimum atomic E-state index is -0.445. The Morgan fingerprint density at radius 1 is 1.24 bits per heavy atom. The monoisotopic (exact) mass is 255 g/mol. The van der Waals surface area contributed by atoms with Crippen LogP contribution >= 0.6 is 11.6 Å². The van der Waals surface area contributed by atoms with E-state index in [-0.39, 0.29) is 0 Å². The number of ether oxygens (including phenoxy) is 1. The SMILES string of the molecule is CCN(CC)CCOc1ccc(C(=O)Cl)cc1. The van der Waals surface area contributed by atoms with Crippen LogP contribution in [0.15, 0.2) is 24.3 Å². The molecule has 1 aromatic rings. The summed E-state index contributed by atoms with van der Waals surface area (Å²) in [7, 11) is 0. The van der Waals surface area contributed by atoms with Crippen molar-refractivity contribution in [1.29, 1.82) is 0 Å². The van der Waals surface area contributed by atoms with Crippen molar-refractivity contribution in [3.63, 3.8) is 0 Å². The van der Waals surface area contributed by atoms with Crippen molar-refractivity contribution in [3.8, 4) is 5.75 Å². The van der Waals surface area contributed by atoms with Crippen LogP contribution in [-0.2, 0) is 0 Å². The summed E-state index contributed by atoms with van der Waals surface area (Å²) < 4.78 is 5.58. The van der Waals surface area contributed by atoms with Crippen LogP contribution in [0.25, 0.3) is 0 Å². The molecule has 0 heterocycles. The van der Waals surface area contributed by atoms with Gasteiger partial charge in [-0.15, -0.1) is 0 Å². The number of carbonyl (C=O) groups excluding carboxylic acids is 1. The van der Waals surface area contributed by atoms with E-state index in [0.717, 1.165) is 25.4 Å². The molecule has 94 valence electrons. The van der Waals surface area contributed by atoms with E-state index in [1.165, 1.54) is 0 Å². The van der Waals surface area contributed by atoms with E-state index < -0.39 is 5.24 Å². The fraction of sp³-hybridized carbons (Fsp3) is 0.462. The zero-order valence-electron chi connectivity index (χ0n) is 10.3. The van der Waals surface area contributed by atoms with Crippen molar-refractivity contribution in [2.24, 2.45) is 0 Å². The molecule has 0 aliphatic rings. The molecule has 0 N–H and O–H groups in total. The molecule has 4 heteroatoms. The molecule has 0 spiro atoms. The van der Waals surface area contributed by atoms with Gasteiger partial charge < -0.3 is 9.64 Å². The van der Waals surface area contributed by atoms with Crippen LogP contribution in [0.2, 0.25) is 0 Å². The van der Waals surface area contributed by atoms with E-state index in [0.29, 0.717) is 12.2 Å². The molecule has 0 unspecified atom stereocenters. The van der Waals surface area contributed by atoms with E-state index in [1.807, 2.05) is 0 Å². The topological polar surface area (TPSA) is 29.5 Å². The molecule has 0 fully saturated rings. The maximum absolute atomic E-state index is 10.9. The zero-order chi connectivity index (χ0) is 12.7. The summed E-state index contributed by atoms with van der Waals surface area (Å²) in [5.74, 6) is 0.763. The van der Waals surface area contributed by atoms with E-state index in [1.54, 1.807) is 24.3 Å². The zero-order valence-corrected chi connectivity index (χ0v) is 11.0. The number of rotatable bonds is 7. The average Bonchev–Trinajstić information content (AvgIpc) is 2.35. The van der Waals surface area contributed by atoms with Gasteiger partial charge in [-0.25, -0.2) is 0 Å². The first kappa shape index (κ1) is 14.0. The Morgan fingerprint density at radius 3 is 2.29 bits per heavy atom. The van der Waals surface area contributed by atoms with Gasteiger partial charge in [-0.05, 0) is 49.0 Å². The van der Waals surface area contributed by atoms with Gasteiger partial charge >= 0.3 is 0 Å².